The van der Waals surface area contributed by atoms with Gasteiger partial charge in [0, 0.05) is 0 Å². The Labute approximate surface area is 165 Å². The number of amides is 1. The second kappa shape index (κ2) is 8.92. The molecule has 0 radical (unpaired) electrons. The van der Waals surface area contributed by atoms with Gasteiger partial charge in [-0.05, 0) is 43.3 Å². The molecule has 1 amide bonds. The molecule has 148 valence electrons. The number of rotatable bonds is 6. The highest BCUT2D eigenvalue weighted by Crippen LogP contribution is 2.22. The van der Waals surface area contributed by atoms with E-state index in [1.165, 1.54) is 18.3 Å². The third kappa shape index (κ3) is 4.73. The summed E-state index contributed by atoms with van der Waals surface area (Å²) in [6, 6.07) is 13.0. The molecule has 1 aromatic heterocycles. The SMILES string of the molecule is CCOC(=O)c1ccccc1Nc1ccc(C(=O)Nc2c(F)cccc2F)nc1. The number of pyridine rings is 1. The van der Waals surface area contributed by atoms with Gasteiger partial charge in [0.1, 0.15) is 23.0 Å². The fraction of sp³-hybridized carbons (Fsp3) is 0.0952. The van der Waals surface area contributed by atoms with Crippen molar-refractivity contribution < 1.29 is 23.1 Å². The molecule has 0 aliphatic rings. The van der Waals surface area contributed by atoms with Crippen molar-refractivity contribution in [2.45, 2.75) is 6.92 Å². The van der Waals surface area contributed by atoms with Gasteiger partial charge in [-0.3, -0.25) is 4.79 Å². The Morgan fingerprint density at radius 2 is 1.72 bits per heavy atom. The predicted molar refractivity (Wildman–Crippen MR) is 104 cm³/mol. The molecule has 2 aromatic carbocycles. The topological polar surface area (TPSA) is 80.3 Å². The van der Waals surface area contributed by atoms with Crippen molar-refractivity contribution in [2.75, 3.05) is 17.2 Å². The number of esters is 1. The molecule has 3 aromatic rings. The van der Waals surface area contributed by atoms with Gasteiger partial charge in [0.25, 0.3) is 5.91 Å². The van der Waals surface area contributed by atoms with Crippen LogP contribution in [0.25, 0.3) is 0 Å². The van der Waals surface area contributed by atoms with E-state index >= 15 is 0 Å². The molecule has 0 unspecified atom stereocenters. The smallest absolute Gasteiger partial charge is 0.340 e. The lowest BCUT2D eigenvalue weighted by molar-refractivity contribution is 0.0527. The van der Waals surface area contributed by atoms with Crippen molar-refractivity contribution in [1.29, 1.82) is 0 Å². The molecule has 0 spiro atoms. The molecular weight excluding hydrogens is 380 g/mol. The molecule has 8 heteroatoms. The second-order valence-electron chi connectivity index (χ2n) is 5.87. The Morgan fingerprint density at radius 3 is 2.38 bits per heavy atom. The molecule has 2 N–H and O–H groups in total. The molecule has 6 nitrogen and oxygen atoms in total. The fourth-order valence-corrected chi connectivity index (χ4v) is 2.53. The summed E-state index contributed by atoms with van der Waals surface area (Å²) in [5.74, 6) is -2.99. The average Bonchev–Trinajstić information content (AvgIpc) is 2.72. The van der Waals surface area contributed by atoms with E-state index in [0.717, 1.165) is 12.1 Å². The minimum Gasteiger partial charge on any atom is -0.462 e. The monoisotopic (exact) mass is 397 g/mol. The van der Waals surface area contributed by atoms with Gasteiger partial charge in [-0.25, -0.2) is 18.6 Å². The van der Waals surface area contributed by atoms with Crippen LogP contribution in [0.3, 0.4) is 0 Å². The highest BCUT2D eigenvalue weighted by atomic mass is 19.1. The average molecular weight is 397 g/mol. The molecule has 0 aliphatic heterocycles. The molecule has 0 saturated carbocycles. The van der Waals surface area contributed by atoms with E-state index in [4.69, 9.17) is 4.74 Å². The molecule has 0 bridgehead atoms. The number of carbonyl (C=O) groups excluding carboxylic acids is 2. The van der Waals surface area contributed by atoms with Crippen LogP contribution in [0, 0.1) is 11.6 Å². The Hall–Kier alpha value is -3.81. The van der Waals surface area contributed by atoms with Crippen LogP contribution in [-0.2, 0) is 4.74 Å². The lowest BCUT2D eigenvalue weighted by Crippen LogP contribution is -2.15. The molecule has 0 atom stereocenters. The number of ether oxygens (including phenoxy) is 1. The van der Waals surface area contributed by atoms with Crippen LogP contribution in [0.5, 0.6) is 0 Å². The predicted octanol–water partition coefficient (Wildman–Crippen LogP) is 4.53. The maximum atomic E-state index is 13.7. The van der Waals surface area contributed by atoms with Gasteiger partial charge in [-0.15, -0.1) is 0 Å². The van der Waals surface area contributed by atoms with Gasteiger partial charge in [0.15, 0.2) is 0 Å². The number of anilines is 3. The van der Waals surface area contributed by atoms with Crippen molar-refractivity contribution in [3.63, 3.8) is 0 Å². The first kappa shape index (κ1) is 19.9. The molecule has 29 heavy (non-hydrogen) atoms. The van der Waals surface area contributed by atoms with Gasteiger partial charge < -0.3 is 15.4 Å². The summed E-state index contributed by atoms with van der Waals surface area (Å²) in [4.78, 5) is 28.3. The Balaban J connectivity index is 1.74. The zero-order valence-electron chi connectivity index (χ0n) is 15.4. The summed E-state index contributed by atoms with van der Waals surface area (Å²) in [6.07, 6.45) is 1.37. The third-order valence-corrected chi connectivity index (χ3v) is 3.90. The molecule has 3 rings (SSSR count). The van der Waals surface area contributed by atoms with E-state index in [2.05, 4.69) is 15.6 Å². The highest BCUT2D eigenvalue weighted by Gasteiger charge is 2.15. The van der Waals surface area contributed by atoms with Crippen LogP contribution in [0.4, 0.5) is 25.8 Å². The summed E-state index contributed by atoms with van der Waals surface area (Å²) in [5.41, 5.74) is 0.807. The number of nitrogens with one attached hydrogen (secondary N) is 2. The van der Waals surface area contributed by atoms with Crippen LogP contribution >= 0.6 is 0 Å². The van der Waals surface area contributed by atoms with Crippen LogP contribution < -0.4 is 10.6 Å². The number of carbonyl (C=O) groups is 2. The van der Waals surface area contributed by atoms with Gasteiger partial charge in [0.2, 0.25) is 0 Å². The minimum atomic E-state index is -0.882. The van der Waals surface area contributed by atoms with E-state index < -0.39 is 29.2 Å². The summed E-state index contributed by atoms with van der Waals surface area (Å²) in [6.45, 7) is 1.97. The first-order valence-corrected chi connectivity index (χ1v) is 8.74. The number of benzene rings is 2. The van der Waals surface area contributed by atoms with Crippen molar-refractivity contribution in [3.05, 3.63) is 83.7 Å². The quantitative estimate of drug-likeness (QED) is 0.598. The van der Waals surface area contributed by atoms with E-state index in [9.17, 15) is 18.4 Å². The highest BCUT2D eigenvalue weighted by molar-refractivity contribution is 6.03. The van der Waals surface area contributed by atoms with Gasteiger partial charge in [-0.1, -0.05) is 18.2 Å². The number of hydrogen-bond donors (Lipinski definition) is 2. The molecule has 0 fully saturated rings. The number of nitrogens with zero attached hydrogens (tertiary/aromatic N) is 1. The van der Waals surface area contributed by atoms with Crippen molar-refractivity contribution in [3.8, 4) is 0 Å². The van der Waals surface area contributed by atoms with E-state index in [1.54, 1.807) is 37.3 Å². The van der Waals surface area contributed by atoms with Crippen molar-refractivity contribution in [1.82, 2.24) is 4.98 Å². The number of halogens is 2. The zero-order valence-corrected chi connectivity index (χ0v) is 15.4. The zero-order chi connectivity index (χ0) is 20.8. The second-order valence-corrected chi connectivity index (χ2v) is 5.87. The first-order chi connectivity index (χ1) is 14.0. The van der Waals surface area contributed by atoms with E-state index in [0.29, 0.717) is 16.9 Å². The van der Waals surface area contributed by atoms with Crippen molar-refractivity contribution in [2.24, 2.45) is 0 Å². The number of para-hydroxylation sites is 2. The maximum Gasteiger partial charge on any atom is 0.340 e. The minimum absolute atomic E-state index is 0.0307. The maximum absolute atomic E-state index is 13.7. The summed E-state index contributed by atoms with van der Waals surface area (Å²) in [7, 11) is 0. The lowest BCUT2D eigenvalue weighted by Gasteiger charge is -2.11. The Bertz CT molecular complexity index is 1020. The molecular formula is C21H17F2N3O3. The first-order valence-electron chi connectivity index (χ1n) is 8.74. The normalized spacial score (nSPS) is 10.3. The summed E-state index contributed by atoms with van der Waals surface area (Å²) < 4.78 is 32.4. The van der Waals surface area contributed by atoms with E-state index in [-0.39, 0.29) is 12.3 Å². The molecule has 0 aliphatic carbocycles. The number of aromatic nitrogens is 1. The summed E-state index contributed by atoms with van der Waals surface area (Å²) >= 11 is 0. The Morgan fingerprint density at radius 1 is 1.00 bits per heavy atom. The van der Waals surface area contributed by atoms with Crippen LogP contribution in [-0.4, -0.2) is 23.5 Å². The van der Waals surface area contributed by atoms with Crippen LogP contribution in [0.1, 0.15) is 27.8 Å². The van der Waals surface area contributed by atoms with E-state index in [1.807, 2.05) is 0 Å². The fourth-order valence-electron chi connectivity index (χ4n) is 2.53. The number of hydrogen-bond acceptors (Lipinski definition) is 5. The molecule has 0 saturated heterocycles. The standard InChI is InChI=1S/C21H17F2N3O3/c1-2-29-21(28)14-6-3-4-9-17(14)25-13-10-11-18(24-12-13)20(27)26-19-15(22)7-5-8-16(19)23/h3-12,25H,2H2,1H3,(H,26,27). The van der Waals surface area contributed by atoms with Crippen LogP contribution in [0.15, 0.2) is 60.8 Å². The third-order valence-electron chi connectivity index (χ3n) is 3.90. The summed E-state index contributed by atoms with van der Waals surface area (Å²) in [5, 5.41) is 5.20. The lowest BCUT2D eigenvalue weighted by atomic mass is 10.1. The molecule has 1 heterocycles. The van der Waals surface area contributed by atoms with Gasteiger partial charge in [0.05, 0.1) is 29.7 Å². The van der Waals surface area contributed by atoms with Crippen LogP contribution in [0.2, 0.25) is 0 Å². The Kier molecular flexibility index (Phi) is 6.13. The van der Waals surface area contributed by atoms with Gasteiger partial charge >= 0.3 is 5.97 Å². The van der Waals surface area contributed by atoms with Gasteiger partial charge in [-0.2, -0.15) is 0 Å². The largest absolute Gasteiger partial charge is 0.462 e. The van der Waals surface area contributed by atoms with Crippen molar-refractivity contribution >= 4 is 28.9 Å².